The van der Waals surface area contributed by atoms with Crippen LogP contribution >= 0.6 is 11.6 Å². The monoisotopic (exact) mass is 491 g/mol. The van der Waals surface area contributed by atoms with Gasteiger partial charge in [-0.2, -0.15) is 0 Å². The molecule has 1 fully saturated rings. The highest BCUT2D eigenvalue weighted by atomic mass is 35.5. The third-order valence-corrected chi connectivity index (χ3v) is 5.39. The Morgan fingerprint density at radius 1 is 1.06 bits per heavy atom. The highest BCUT2D eigenvalue weighted by Crippen LogP contribution is 2.37. The van der Waals surface area contributed by atoms with Crippen LogP contribution in [-0.2, 0) is 16.1 Å². The van der Waals surface area contributed by atoms with Crippen molar-refractivity contribution >= 4 is 41.2 Å². The van der Waals surface area contributed by atoms with E-state index < -0.39 is 11.9 Å². The number of imide groups is 1. The number of anilines is 1. The van der Waals surface area contributed by atoms with Crippen LogP contribution in [0.5, 0.6) is 11.5 Å². The zero-order valence-electron chi connectivity index (χ0n) is 18.8. The molecular weight excluding hydrogens is 470 g/mol. The Morgan fingerprint density at radius 3 is 2.43 bits per heavy atom. The van der Waals surface area contributed by atoms with Crippen molar-refractivity contribution in [3.05, 3.63) is 94.6 Å². The molecule has 0 aromatic heterocycles. The van der Waals surface area contributed by atoms with Gasteiger partial charge in [-0.05, 0) is 41.5 Å². The lowest BCUT2D eigenvalue weighted by Crippen LogP contribution is -2.30. The molecule has 35 heavy (non-hydrogen) atoms. The Labute approximate surface area is 207 Å². The third-order valence-electron chi connectivity index (χ3n) is 5.11. The molecule has 2 N–H and O–H groups in total. The Morgan fingerprint density at radius 2 is 1.74 bits per heavy atom. The maximum absolute atomic E-state index is 12.8. The quantitative estimate of drug-likeness (QED) is 0.358. The van der Waals surface area contributed by atoms with E-state index in [1.165, 1.54) is 13.2 Å². The van der Waals surface area contributed by atoms with Crippen molar-refractivity contribution in [1.82, 2.24) is 10.2 Å². The van der Waals surface area contributed by atoms with Crippen molar-refractivity contribution in [2.24, 2.45) is 0 Å². The molecule has 3 aromatic carbocycles. The van der Waals surface area contributed by atoms with E-state index in [-0.39, 0.29) is 41.3 Å². The van der Waals surface area contributed by atoms with Crippen molar-refractivity contribution in [2.75, 3.05) is 19.0 Å². The van der Waals surface area contributed by atoms with Crippen molar-refractivity contribution < 1.29 is 23.9 Å². The summed E-state index contributed by atoms with van der Waals surface area (Å²) in [6.07, 6.45) is 1.51. The fourth-order valence-electron chi connectivity index (χ4n) is 3.47. The molecule has 178 valence electrons. The van der Waals surface area contributed by atoms with Crippen LogP contribution in [0.2, 0.25) is 5.02 Å². The number of para-hydroxylation sites is 1. The first-order chi connectivity index (χ1) is 16.9. The van der Waals surface area contributed by atoms with Gasteiger partial charge in [0.2, 0.25) is 0 Å². The fourth-order valence-corrected chi connectivity index (χ4v) is 3.74. The zero-order valence-corrected chi connectivity index (χ0v) is 19.5. The number of halogens is 1. The molecule has 1 saturated heterocycles. The molecule has 4 rings (SSSR count). The Balaban J connectivity index is 1.47. The Kier molecular flexibility index (Phi) is 7.32. The zero-order chi connectivity index (χ0) is 24.8. The Hall–Kier alpha value is -4.30. The van der Waals surface area contributed by atoms with E-state index in [0.717, 1.165) is 10.5 Å². The number of methoxy groups -OCH3 is 1. The normalized spacial score (nSPS) is 14.1. The fraction of sp³-hybridized carbons (Fsp3) is 0.115. The average molecular weight is 492 g/mol. The summed E-state index contributed by atoms with van der Waals surface area (Å²) in [4.78, 5) is 38.5. The van der Waals surface area contributed by atoms with Crippen LogP contribution in [0, 0.1) is 0 Å². The number of hydrogen-bond donors (Lipinski definition) is 2. The van der Waals surface area contributed by atoms with E-state index in [1.807, 2.05) is 48.5 Å². The number of urea groups is 1. The van der Waals surface area contributed by atoms with E-state index >= 15 is 0 Å². The third kappa shape index (κ3) is 5.80. The molecule has 8 nitrogen and oxygen atoms in total. The van der Waals surface area contributed by atoms with E-state index in [2.05, 4.69) is 10.6 Å². The summed E-state index contributed by atoms with van der Waals surface area (Å²) in [5, 5.41) is 5.49. The lowest BCUT2D eigenvalue weighted by atomic mass is 10.1. The number of nitrogens with one attached hydrogen (secondary N) is 2. The molecular formula is C26H22ClN3O5. The molecule has 4 amide bonds. The number of carbonyl (C=O) groups excluding carboxylic acids is 3. The standard InChI is InChI=1S/C26H22ClN3O5/c1-34-22-14-18(12-20(27)24(22)35-16-23(31)28-19-10-6-3-7-11-19)13-21-25(32)30(26(33)29-21)15-17-8-4-2-5-9-17/h2-14H,15-16H2,1H3,(H,28,31)(H,29,33)/b21-13+. The second-order valence-electron chi connectivity index (χ2n) is 7.60. The van der Waals surface area contributed by atoms with Crippen molar-refractivity contribution in [3.8, 4) is 11.5 Å². The van der Waals surface area contributed by atoms with Crippen LogP contribution in [-0.4, -0.2) is 36.5 Å². The first-order valence-electron chi connectivity index (χ1n) is 10.7. The number of benzene rings is 3. The van der Waals surface area contributed by atoms with Crippen molar-refractivity contribution in [3.63, 3.8) is 0 Å². The number of amides is 4. The van der Waals surface area contributed by atoms with Crippen LogP contribution in [0.1, 0.15) is 11.1 Å². The minimum atomic E-state index is -0.507. The van der Waals surface area contributed by atoms with Crippen LogP contribution in [0.25, 0.3) is 6.08 Å². The lowest BCUT2D eigenvalue weighted by Gasteiger charge is -2.13. The van der Waals surface area contributed by atoms with E-state index in [1.54, 1.807) is 24.3 Å². The maximum Gasteiger partial charge on any atom is 0.329 e. The van der Waals surface area contributed by atoms with Gasteiger partial charge in [-0.15, -0.1) is 0 Å². The summed E-state index contributed by atoms with van der Waals surface area (Å²) >= 11 is 6.39. The van der Waals surface area contributed by atoms with Gasteiger partial charge in [-0.1, -0.05) is 60.1 Å². The molecule has 0 radical (unpaired) electrons. The summed E-state index contributed by atoms with van der Waals surface area (Å²) in [6.45, 7) is -0.126. The van der Waals surface area contributed by atoms with Crippen molar-refractivity contribution in [1.29, 1.82) is 0 Å². The molecule has 1 aliphatic rings. The lowest BCUT2D eigenvalue weighted by molar-refractivity contribution is -0.123. The summed E-state index contributed by atoms with van der Waals surface area (Å²) in [6, 6.07) is 20.9. The summed E-state index contributed by atoms with van der Waals surface area (Å²) in [5.74, 6) is -0.355. The molecule has 9 heteroatoms. The Bertz CT molecular complexity index is 1280. The first-order valence-corrected chi connectivity index (χ1v) is 11.1. The molecule has 0 aliphatic carbocycles. The molecule has 0 unspecified atom stereocenters. The predicted octanol–water partition coefficient (Wildman–Crippen LogP) is 4.46. The van der Waals surface area contributed by atoms with Gasteiger partial charge in [0.25, 0.3) is 11.8 Å². The maximum atomic E-state index is 12.8. The van der Waals surface area contributed by atoms with E-state index in [4.69, 9.17) is 21.1 Å². The molecule has 0 saturated carbocycles. The van der Waals surface area contributed by atoms with Crippen LogP contribution in [0.15, 0.2) is 78.5 Å². The average Bonchev–Trinajstić information content (AvgIpc) is 3.11. The van der Waals surface area contributed by atoms with E-state index in [9.17, 15) is 14.4 Å². The second-order valence-corrected chi connectivity index (χ2v) is 8.01. The second kappa shape index (κ2) is 10.8. The molecule has 3 aromatic rings. The number of ether oxygens (including phenoxy) is 2. The molecule has 0 atom stereocenters. The highest BCUT2D eigenvalue weighted by molar-refractivity contribution is 6.32. The van der Waals surface area contributed by atoms with Gasteiger partial charge < -0.3 is 20.1 Å². The van der Waals surface area contributed by atoms with Crippen LogP contribution in [0.3, 0.4) is 0 Å². The van der Waals surface area contributed by atoms with Crippen LogP contribution < -0.4 is 20.1 Å². The van der Waals surface area contributed by atoms with Crippen LogP contribution in [0.4, 0.5) is 10.5 Å². The van der Waals surface area contributed by atoms with Crippen molar-refractivity contribution in [2.45, 2.75) is 6.54 Å². The smallest absolute Gasteiger partial charge is 0.329 e. The largest absolute Gasteiger partial charge is 0.493 e. The number of hydrogen-bond acceptors (Lipinski definition) is 5. The van der Waals surface area contributed by atoms with Gasteiger partial charge in [0.15, 0.2) is 18.1 Å². The first kappa shape index (κ1) is 23.8. The van der Waals surface area contributed by atoms with E-state index in [0.29, 0.717) is 11.3 Å². The minimum absolute atomic E-state index is 0.111. The molecule has 0 bridgehead atoms. The summed E-state index contributed by atoms with van der Waals surface area (Å²) in [5.41, 5.74) is 2.10. The molecule has 0 spiro atoms. The predicted molar refractivity (Wildman–Crippen MR) is 132 cm³/mol. The highest BCUT2D eigenvalue weighted by Gasteiger charge is 2.33. The summed E-state index contributed by atoms with van der Waals surface area (Å²) < 4.78 is 11.0. The molecule has 1 heterocycles. The topological polar surface area (TPSA) is 97.0 Å². The van der Waals surface area contributed by atoms with Gasteiger partial charge in [0, 0.05) is 5.69 Å². The van der Waals surface area contributed by atoms with Gasteiger partial charge in [-0.25, -0.2) is 4.79 Å². The molecule has 1 aliphatic heterocycles. The SMILES string of the molecule is COc1cc(/C=C2/NC(=O)N(Cc3ccccc3)C2=O)cc(Cl)c1OCC(=O)Nc1ccccc1. The van der Waals surface area contributed by atoms with Gasteiger partial charge in [0.05, 0.1) is 18.7 Å². The van der Waals surface area contributed by atoms with Gasteiger partial charge in [0.1, 0.15) is 5.70 Å². The number of rotatable bonds is 8. The van der Waals surface area contributed by atoms with Gasteiger partial charge in [-0.3, -0.25) is 14.5 Å². The minimum Gasteiger partial charge on any atom is -0.493 e. The van der Waals surface area contributed by atoms with Gasteiger partial charge >= 0.3 is 6.03 Å². The number of nitrogens with zero attached hydrogens (tertiary/aromatic N) is 1. The summed E-state index contributed by atoms with van der Waals surface area (Å²) in [7, 11) is 1.43. The number of carbonyl (C=O) groups is 3.